The third kappa shape index (κ3) is 9.96. The Morgan fingerprint density at radius 1 is 1.23 bits per heavy atom. The summed E-state index contributed by atoms with van der Waals surface area (Å²) in [7, 11) is 0. The van der Waals surface area contributed by atoms with Crippen molar-refractivity contribution in [3.8, 4) is 0 Å². The molecule has 0 N–H and O–H groups in total. The van der Waals surface area contributed by atoms with Gasteiger partial charge in [-0.25, -0.2) is 0 Å². The fourth-order valence-corrected chi connectivity index (χ4v) is 5.00. The Hall–Kier alpha value is -0.860. The molecule has 6 heteroatoms. The predicted octanol–water partition coefficient (Wildman–Crippen LogP) is 7.26. The van der Waals surface area contributed by atoms with Crippen LogP contribution >= 0.6 is 34.4 Å². The number of halogens is 1. The molecule has 0 amide bonds. The van der Waals surface area contributed by atoms with E-state index >= 15 is 0 Å². The molecule has 1 aromatic heterocycles. The zero-order valence-electron chi connectivity index (χ0n) is 18.9. The lowest BCUT2D eigenvalue weighted by Gasteiger charge is -2.16. The van der Waals surface area contributed by atoms with Crippen molar-refractivity contribution in [3.63, 3.8) is 0 Å². The Balaban J connectivity index is 0.000000312. The summed E-state index contributed by atoms with van der Waals surface area (Å²) < 4.78 is 11.3. The molecule has 0 spiro atoms. The zero-order valence-corrected chi connectivity index (χ0v) is 21.9. The largest absolute Gasteiger partial charge is 0.466 e. The summed E-state index contributed by atoms with van der Waals surface area (Å²) in [5, 5.41) is 1.82. The maximum atomic E-state index is 9.82. The summed E-state index contributed by atoms with van der Waals surface area (Å²) in [6.07, 6.45) is 8.98. The average Bonchev–Trinajstić information content (AvgIpc) is 3.14. The van der Waals surface area contributed by atoms with Crippen LogP contribution in [0.15, 0.2) is 35.4 Å². The minimum absolute atomic E-state index is 0.211. The van der Waals surface area contributed by atoms with Gasteiger partial charge in [0, 0.05) is 38.8 Å². The molecular weight excluding hydrogens is 509 g/mol. The maximum absolute atomic E-state index is 9.82. The van der Waals surface area contributed by atoms with Crippen molar-refractivity contribution in [3.05, 3.63) is 34.0 Å². The van der Waals surface area contributed by atoms with Crippen molar-refractivity contribution in [2.45, 2.75) is 83.0 Å². The van der Waals surface area contributed by atoms with Gasteiger partial charge in [-0.15, -0.1) is 11.8 Å². The van der Waals surface area contributed by atoms with E-state index in [1.165, 1.54) is 46.5 Å². The van der Waals surface area contributed by atoms with E-state index in [1.807, 2.05) is 24.0 Å². The molecule has 2 heterocycles. The smallest absolute Gasteiger partial charge is 0.302 e. The van der Waals surface area contributed by atoms with Gasteiger partial charge in [-0.2, -0.15) is 0 Å². The second-order valence-corrected chi connectivity index (χ2v) is 9.52. The lowest BCUT2D eigenvalue weighted by atomic mass is 10.2. The van der Waals surface area contributed by atoms with E-state index in [4.69, 9.17) is 4.74 Å². The van der Waals surface area contributed by atoms with Crippen molar-refractivity contribution in [1.82, 2.24) is 4.98 Å². The molecule has 168 valence electrons. The summed E-state index contributed by atoms with van der Waals surface area (Å²) in [6.45, 7) is 11.2. The van der Waals surface area contributed by atoms with Gasteiger partial charge in [0.1, 0.15) is 0 Å². The van der Waals surface area contributed by atoms with Crippen LogP contribution in [0.1, 0.15) is 66.7 Å². The number of fused-ring (bicyclic) bond motifs is 1. The van der Waals surface area contributed by atoms with Gasteiger partial charge in [-0.3, -0.25) is 9.78 Å². The van der Waals surface area contributed by atoms with E-state index in [2.05, 4.69) is 71.3 Å². The van der Waals surface area contributed by atoms with E-state index in [1.54, 1.807) is 6.92 Å². The molecular formula is C24H36INO3S. The van der Waals surface area contributed by atoms with Gasteiger partial charge >= 0.3 is 5.97 Å². The van der Waals surface area contributed by atoms with E-state index in [9.17, 15) is 4.79 Å². The number of para-hydroxylation sites is 1. The molecule has 1 aliphatic heterocycles. The molecule has 2 atom stereocenters. The molecule has 0 bridgehead atoms. The van der Waals surface area contributed by atoms with Crippen LogP contribution in [0.25, 0.3) is 10.9 Å². The van der Waals surface area contributed by atoms with Crippen LogP contribution in [0.2, 0.25) is 0 Å². The molecule has 30 heavy (non-hydrogen) atoms. The number of carbonyl (C=O) groups excluding carboxylic acids is 1. The first-order valence-electron chi connectivity index (χ1n) is 10.9. The molecule has 1 aromatic carbocycles. The summed E-state index contributed by atoms with van der Waals surface area (Å²) in [6, 6.07) is 8.36. The maximum Gasteiger partial charge on any atom is 0.302 e. The number of thioether (sulfide) groups is 1. The number of unbranched alkanes of at least 4 members (excludes halogenated alkanes) is 3. The van der Waals surface area contributed by atoms with Gasteiger partial charge in [0.15, 0.2) is 0 Å². The highest BCUT2D eigenvalue weighted by atomic mass is 127. The van der Waals surface area contributed by atoms with Crippen LogP contribution < -0.4 is 0 Å². The molecule has 0 aliphatic carbocycles. The number of aromatic nitrogens is 1. The van der Waals surface area contributed by atoms with E-state index in [0.29, 0.717) is 18.0 Å². The van der Waals surface area contributed by atoms with Gasteiger partial charge in [-0.1, -0.05) is 57.7 Å². The molecule has 0 radical (unpaired) electrons. The highest BCUT2D eigenvalue weighted by Crippen LogP contribution is 2.38. The minimum atomic E-state index is -0.211. The molecule has 2 aromatic rings. The number of esters is 1. The minimum Gasteiger partial charge on any atom is -0.466 e. The topological polar surface area (TPSA) is 48.4 Å². The van der Waals surface area contributed by atoms with Crippen LogP contribution in [0, 0.1) is 3.57 Å². The van der Waals surface area contributed by atoms with Gasteiger partial charge in [0.25, 0.3) is 0 Å². The summed E-state index contributed by atoms with van der Waals surface area (Å²) in [4.78, 5) is 15.7. The highest BCUT2D eigenvalue weighted by Gasteiger charge is 2.26. The number of ether oxygens (including phenoxy) is 2. The van der Waals surface area contributed by atoms with Crippen LogP contribution in [-0.4, -0.2) is 35.5 Å². The van der Waals surface area contributed by atoms with Crippen molar-refractivity contribution in [1.29, 1.82) is 0 Å². The number of hydrogen-bond acceptors (Lipinski definition) is 5. The normalized spacial score (nSPS) is 17.5. The molecule has 1 saturated heterocycles. The van der Waals surface area contributed by atoms with Crippen molar-refractivity contribution in [2.75, 3.05) is 13.2 Å². The molecule has 0 saturated carbocycles. The van der Waals surface area contributed by atoms with Crippen LogP contribution in [-0.2, 0) is 14.3 Å². The van der Waals surface area contributed by atoms with E-state index < -0.39 is 0 Å². The number of carbonyl (C=O) groups is 1. The highest BCUT2D eigenvalue weighted by molar-refractivity contribution is 14.1. The Kier molecular flexibility index (Phi) is 14.4. The summed E-state index contributed by atoms with van der Waals surface area (Å²) in [5.41, 5.74) is 1.08. The molecule has 2 unspecified atom stereocenters. The van der Waals surface area contributed by atoms with Crippen LogP contribution in [0.4, 0.5) is 0 Å². The van der Waals surface area contributed by atoms with Crippen molar-refractivity contribution < 1.29 is 14.3 Å². The van der Waals surface area contributed by atoms with Crippen LogP contribution in [0.3, 0.4) is 0 Å². The number of nitrogens with zero attached hydrogens (tertiary/aromatic N) is 1. The number of benzene rings is 1. The van der Waals surface area contributed by atoms with Crippen molar-refractivity contribution >= 4 is 51.2 Å². The Morgan fingerprint density at radius 3 is 2.40 bits per heavy atom. The first kappa shape index (κ1) is 27.2. The standard InChI is InChI=1S/C14H14INOS.C6H14.C4H8O2/c1-9-13(6-7-17-9)18-14-10-4-2-3-5-12(10)16-8-11(14)15;1-3-5-6-4-2;1-3-6-4(2)5/h2-5,8-9,13H,6-7H2,1H3;3-6H2,1-2H3;3H2,1-2H3. The third-order valence-electron chi connectivity index (χ3n) is 4.56. The molecule has 1 aliphatic rings. The quantitative estimate of drug-likeness (QED) is 0.217. The lowest BCUT2D eigenvalue weighted by Crippen LogP contribution is -2.13. The van der Waals surface area contributed by atoms with Gasteiger partial charge in [0.05, 0.1) is 18.2 Å². The molecule has 3 rings (SSSR count). The zero-order chi connectivity index (χ0) is 22.4. The monoisotopic (exact) mass is 545 g/mol. The second kappa shape index (κ2) is 15.9. The number of rotatable bonds is 6. The van der Waals surface area contributed by atoms with Gasteiger partial charge < -0.3 is 9.47 Å². The Bertz CT molecular complexity index is 752. The van der Waals surface area contributed by atoms with Gasteiger partial charge in [0.2, 0.25) is 0 Å². The fraction of sp³-hybridized carbons (Fsp3) is 0.583. The average molecular weight is 546 g/mol. The SMILES string of the molecule is CC1OCCC1Sc1c(I)cnc2ccccc12.CCCCCC.CCOC(C)=O. The second-order valence-electron chi connectivity index (χ2n) is 7.10. The fourth-order valence-electron chi connectivity index (χ4n) is 2.93. The predicted molar refractivity (Wildman–Crippen MR) is 136 cm³/mol. The summed E-state index contributed by atoms with van der Waals surface area (Å²) in [5.74, 6) is -0.211. The van der Waals surface area contributed by atoms with Crippen molar-refractivity contribution in [2.24, 2.45) is 0 Å². The lowest BCUT2D eigenvalue weighted by molar-refractivity contribution is -0.140. The van der Waals surface area contributed by atoms with Gasteiger partial charge in [-0.05, 0) is 48.9 Å². The van der Waals surface area contributed by atoms with E-state index in [0.717, 1.165) is 18.5 Å². The molecule has 4 nitrogen and oxygen atoms in total. The number of hydrogen-bond donors (Lipinski definition) is 0. The third-order valence-corrected chi connectivity index (χ3v) is 7.34. The van der Waals surface area contributed by atoms with Crippen LogP contribution in [0.5, 0.6) is 0 Å². The number of pyridine rings is 1. The first-order valence-corrected chi connectivity index (χ1v) is 12.8. The molecule has 1 fully saturated rings. The summed E-state index contributed by atoms with van der Waals surface area (Å²) >= 11 is 4.32. The van der Waals surface area contributed by atoms with E-state index in [-0.39, 0.29) is 5.97 Å². The Morgan fingerprint density at radius 2 is 1.90 bits per heavy atom. The first-order chi connectivity index (χ1) is 14.4. The Labute approximate surface area is 200 Å².